The molecule has 1 N–H and O–H groups in total. The molecule has 108 valence electrons. The summed E-state index contributed by atoms with van der Waals surface area (Å²) in [6, 6.07) is 7.67. The van der Waals surface area contributed by atoms with E-state index in [0.717, 1.165) is 0 Å². The van der Waals surface area contributed by atoms with Crippen molar-refractivity contribution in [2.45, 2.75) is 0 Å². The van der Waals surface area contributed by atoms with Gasteiger partial charge in [-0.3, -0.25) is 4.79 Å². The Morgan fingerprint density at radius 3 is 2.43 bits per heavy atom. The van der Waals surface area contributed by atoms with Gasteiger partial charge in [0, 0.05) is 6.07 Å². The number of phenols is 1. The topological polar surface area (TPSA) is 71.2 Å². The van der Waals surface area contributed by atoms with Crippen molar-refractivity contribution in [3.05, 3.63) is 45.9 Å². The van der Waals surface area contributed by atoms with Crippen LogP contribution in [0.3, 0.4) is 0 Å². The van der Waals surface area contributed by atoms with Gasteiger partial charge in [-0.05, 0) is 24.3 Å². The molecule has 0 unspecified atom stereocenters. The lowest BCUT2D eigenvalue weighted by Crippen LogP contribution is -1.88. The molecule has 0 heterocycles. The Hall–Kier alpha value is -2.11. The number of ether oxygens (including phenoxy) is 1. The molecular formula is C14H10Cl2N2O3. The predicted octanol–water partition coefficient (Wildman–Crippen LogP) is 4.94. The standard InChI is InChI=1S/C14H10Cl2N2O3/c1-21-13-6-10(4-8(7-19)14(13)20)18-17-9-2-3-11(15)12(16)5-9/h2-7,20H,1H3. The number of carbonyl (C=O) groups is 1. The maximum atomic E-state index is 10.9. The summed E-state index contributed by atoms with van der Waals surface area (Å²) >= 11 is 11.7. The molecule has 0 aliphatic heterocycles. The molecule has 2 aromatic rings. The van der Waals surface area contributed by atoms with E-state index >= 15 is 0 Å². The molecule has 2 rings (SSSR count). The third-order valence-electron chi connectivity index (χ3n) is 2.62. The van der Waals surface area contributed by atoms with Gasteiger partial charge in [0.25, 0.3) is 0 Å². The molecule has 21 heavy (non-hydrogen) atoms. The quantitative estimate of drug-likeness (QED) is 0.639. The van der Waals surface area contributed by atoms with Gasteiger partial charge in [0.15, 0.2) is 17.8 Å². The molecule has 0 aliphatic rings. The molecule has 0 radical (unpaired) electrons. The number of hydrogen-bond acceptors (Lipinski definition) is 5. The van der Waals surface area contributed by atoms with Crippen molar-refractivity contribution in [1.82, 2.24) is 0 Å². The number of benzene rings is 2. The van der Waals surface area contributed by atoms with Gasteiger partial charge < -0.3 is 9.84 Å². The number of azo groups is 1. The summed E-state index contributed by atoms with van der Waals surface area (Å²) in [6.07, 6.45) is 0.510. The highest BCUT2D eigenvalue weighted by Crippen LogP contribution is 2.34. The number of hydrogen-bond donors (Lipinski definition) is 1. The average Bonchev–Trinajstić information content (AvgIpc) is 2.49. The van der Waals surface area contributed by atoms with Gasteiger partial charge in [0.05, 0.1) is 34.1 Å². The van der Waals surface area contributed by atoms with Crippen LogP contribution in [0.5, 0.6) is 11.5 Å². The van der Waals surface area contributed by atoms with Crippen LogP contribution in [0.4, 0.5) is 11.4 Å². The molecular weight excluding hydrogens is 315 g/mol. The summed E-state index contributed by atoms with van der Waals surface area (Å²) in [5, 5.41) is 18.5. The largest absolute Gasteiger partial charge is 0.504 e. The van der Waals surface area contributed by atoms with E-state index in [1.54, 1.807) is 18.2 Å². The molecule has 0 bridgehead atoms. The van der Waals surface area contributed by atoms with Gasteiger partial charge in [-0.15, -0.1) is 0 Å². The highest BCUT2D eigenvalue weighted by molar-refractivity contribution is 6.42. The summed E-state index contributed by atoms with van der Waals surface area (Å²) in [5.74, 6) is -0.0938. The fourth-order valence-corrected chi connectivity index (χ4v) is 1.87. The first-order valence-corrected chi connectivity index (χ1v) is 6.53. The summed E-state index contributed by atoms with van der Waals surface area (Å²) in [7, 11) is 1.38. The second-order valence-electron chi connectivity index (χ2n) is 4.00. The normalized spacial score (nSPS) is 10.8. The van der Waals surface area contributed by atoms with Gasteiger partial charge >= 0.3 is 0 Å². The molecule has 0 aliphatic carbocycles. The zero-order chi connectivity index (χ0) is 15.4. The molecule has 0 spiro atoms. The predicted molar refractivity (Wildman–Crippen MR) is 80.7 cm³/mol. The lowest BCUT2D eigenvalue weighted by Gasteiger charge is -2.06. The summed E-state index contributed by atoms with van der Waals surface area (Å²) in [6.45, 7) is 0. The molecule has 0 fully saturated rings. The molecule has 7 heteroatoms. The van der Waals surface area contributed by atoms with Gasteiger partial charge in [-0.2, -0.15) is 10.2 Å². The second-order valence-corrected chi connectivity index (χ2v) is 4.82. The minimum atomic E-state index is -0.235. The minimum absolute atomic E-state index is 0.0671. The van der Waals surface area contributed by atoms with Crippen molar-refractivity contribution in [1.29, 1.82) is 0 Å². The number of halogens is 2. The number of methoxy groups -OCH3 is 1. The molecule has 0 saturated carbocycles. The highest BCUT2D eigenvalue weighted by atomic mass is 35.5. The Balaban J connectivity index is 2.36. The van der Waals surface area contributed by atoms with Crippen LogP contribution in [0.25, 0.3) is 0 Å². The second kappa shape index (κ2) is 6.56. The Labute approximate surface area is 130 Å². The highest BCUT2D eigenvalue weighted by Gasteiger charge is 2.09. The first-order chi connectivity index (χ1) is 10.0. The number of phenolic OH excluding ortho intramolecular Hbond substituents is 1. The van der Waals surface area contributed by atoms with Gasteiger partial charge in [0.2, 0.25) is 0 Å². The van der Waals surface area contributed by atoms with Crippen LogP contribution >= 0.6 is 23.2 Å². The smallest absolute Gasteiger partial charge is 0.168 e. The van der Waals surface area contributed by atoms with Crippen molar-refractivity contribution in [2.24, 2.45) is 10.2 Å². The number of carbonyl (C=O) groups excluding carboxylic acids is 1. The van der Waals surface area contributed by atoms with Crippen molar-refractivity contribution >= 4 is 40.9 Å². The van der Waals surface area contributed by atoms with E-state index in [0.29, 0.717) is 27.7 Å². The Kier molecular flexibility index (Phi) is 4.77. The minimum Gasteiger partial charge on any atom is -0.504 e. The van der Waals surface area contributed by atoms with Gasteiger partial charge in [-0.1, -0.05) is 23.2 Å². The Morgan fingerprint density at radius 1 is 1.10 bits per heavy atom. The maximum absolute atomic E-state index is 10.9. The van der Waals surface area contributed by atoms with Crippen LogP contribution in [0.1, 0.15) is 10.4 Å². The van der Waals surface area contributed by atoms with Crippen molar-refractivity contribution in [2.75, 3.05) is 7.11 Å². The Morgan fingerprint density at radius 2 is 1.81 bits per heavy atom. The van der Waals surface area contributed by atoms with E-state index < -0.39 is 0 Å². The van der Waals surface area contributed by atoms with Crippen LogP contribution in [0, 0.1) is 0 Å². The molecule has 2 aromatic carbocycles. The van der Waals surface area contributed by atoms with Crippen molar-refractivity contribution < 1.29 is 14.6 Å². The number of nitrogens with zero attached hydrogens (tertiary/aromatic N) is 2. The number of aldehydes is 1. The first-order valence-electron chi connectivity index (χ1n) is 5.78. The van der Waals surface area contributed by atoms with Gasteiger partial charge in [-0.25, -0.2) is 0 Å². The molecule has 0 aromatic heterocycles. The van der Waals surface area contributed by atoms with Crippen LogP contribution in [0.2, 0.25) is 10.0 Å². The average molecular weight is 325 g/mol. The van der Waals surface area contributed by atoms with E-state index in [2.05, 4.69) is 10.2 Å². The van der Waals surface area contributed by atoms with Gasteiger partial charge in [0.1, 0.15) is 0 Å². The zero-order valence-corrected chi connectivity index (χ0v) is 12.4. The van der Waals surface area contributed by atoms with Crippen LogP contribution in [0.15, 0.2) is 40.6 Å². The van der Waals surface area contributed by atoms with E-state index in [1.807, 2.05) is 0 Å². The van der Waals surface area contributed by atoms with E-state index in [1.165, 1.54) is 19.2 Å². The number of aromatic hydroxyl groups is 1. The molecule has 5 nitrogen and oxygen atoms in total. The van der Waals surface area contributed by atoms with Crippen LogP contribution in [-0.2, 0) is 0 Å². The third kappa shape index (κ3) is 3.51. The lowest BCUT2D eigenvalue weighted by molar-refractivity contribution is 0.112. The maximum Gasteiger partial charge on any atom is 0.168 e. The molecule has 0 atom stereocenters. The SMILES string of the molecule is COc1cc(N=Nc2ccc(Cl)c(Cl)c2)cc(C=O)c1O. The zero-order valence-electron chi connectivity index (χ0n) is 10.9. The summed E-state index contributed by atoms with van der Waals surface area (Å²) in [5.41, 5.74) is 0.930. The summed E-state index contributed by atoms with van der Waals surface area (Å²) in [4.78, 5) is 10.9. The fourth-order valence-electron chi connectivity index (χ4n) is 1.58. The van der Waals surface area contributed by atoms with E-state index in [-0.39, 0.29) is 17.1 Å². The van der Waals surface area contributed by atoms with Crippen LogP contribution < -0.4 is 4.74 Å². The third-order valence-corrected chi connectivity index (χ3v) is 3.36. The Bertz CT molecular complexity index is 718. The number of rotatable bonds is 4. The van der Waals surface area contributed by atoms with Crippen molar-refractivity contribution in [3.8, 4) is 11.5 Å². The van der Waals surface area contributed by atoms with Crippen LogP contribution in [-0.4, -0.2) is 18.5 Å². The fraction of sp³-hybridized carbons (Fsp3) is 0.0714. The first kappa shape index (κ1) is 15.3. The van der Waals surface area contributed by atoms with E-state index in [4.69, 9.17) is 27.9 Å². The monoisotopic (exact) mass is 324 g/mol. The molecule has 0 amide bonds. The lowest BCUT2D eigenvalue weighted by atomic mass is 10.2. The molecule has 0 saturated heterocycles. The van der Waals surface area contributed by atoms with E-state index in [9.17, 15) is 9.90 Å². The summed E-state index contributed by atoms with van der Waals surface area (Å²) < 4.78 is 4.97. The van der Waals surface area contributed by atoms with Crippen molar-refractivity contribution in [3.63, 3.8) is 0 Å².